The smallest absolute Gasteiger partial charge is 0.268 e. The van der Waals surface area contributed by atoms with E-state index in [0.717, 1.165) is 49.3 Å². The first-order chi connectivity index (χ1) is 15.1. The number of pyridine rings is 1. The number of hydrogen-bond acceptors (Lipinski definition) is 7. The van der Waals surface area contributed by atoms with Crippen LogP contribution in [0.3, 0.4) is 0 Å². The lowest BCUT2D eigenvalue weighted by molar-refractivity contribution is 0.0912. The van der Waals surface area contributed by atoms with Gasteiger partial charge in [-0.25, -0.2) is 9.97 Å². The average Bonchev–Trinajstić information content (AvgIpc) is 3.17. The number of carbonyl (C=O) groups excluding carboxylic acids is 1. The third-order valence-electron chi connectivity index (χ3n) is 5.89. The van der Waals surface area contributed by atoms with Gasteiger partial charge in [0.1, 0.15) is 17.2 Å². The first kappa shape index (κ1) is 19.7. The summed E-state index contributed by atoms with van der Waals surface area (Å²) < 4.78 is 2.07. The predicted octanol–water partition coefficient (Wildman–Crippen LogP) is 2.31. The van der Waals surface area contributed by atoms with Gasteiger partial charge < -0.3 is 25.4 Å². The second-order valence-corrected chi connectivity index (χ2v) is 8.63. The van der Waals surface area contributed by atoms with E-state index in [2.05, 4.69) is 55.3 Å². The molecular formula is C22H28N8O. The fourth-order valence-electron chi connectivity index (χ4n) is 4.42. The van der Waals surface area contributed by atoms with Crippen LogP contribution in [0.4, 0.5) is 17.5 Å². The molecule has 2 aliphatic heterocycles. The highest BCUT2D eigenvalue weighted by Crippen LogP contribution is 2.29. The summed E-state index contributed by atoms with van der Waals surface area (Å²) in [7, 11) is 0. The Balaban J connectivity index is 1.41. The molecule has 3 aromatic heterocycles. The zero-order valence-corrected chi connectivity index (χ0v) is 17.9. The van der Waals surface area contributed by atoms with Crippen molar-refractivity contribution in [3.05, 3.63) is 36.3 Å². The molecule has 0 spiro atoms. The van der Waals surface area contributed by atoms with Crippen LogP contribution in [-0.2, 0) is 0 Å². The highest BCUT2D eigenvalue weighted by molar-refractivity contribution is 5.98. The van der Waals surface area contributed by atoms with Crippen LogP contribution in [0.5, 0.6) is 0 Å². The van der Waals surface area contributed by atoms with E-state index in [1.165, 1.54) is 0 Å². The number of nitrogens with one attached hydrogen (secondary N) is 3. The second-order valence-electron chi connectivity index (χ2n) is 8.63. The first-order valence-corrected chi connectivity index (χ1v) is 10.9. The van der Waals surface area contributed by atoms with Crippen molar-refractivity contribution in [3.8, 4) is 0 Å². The topological polar surface area (TPSA) is 100 Å². The Morgan fingerprint density at radius 3 is 2.77 bits per heavy atom. The summed E-state index contributed by atoms with van der Waals surface area (Å²) in [4.78, 5) is 28.5. The molecule has 2 aliphatic rings. The number of fused-ring (bicyclic) bond motifs is 3. The van der Waals surface area contributed by atoms with Crippen molar-refractivity contribution in [1.82, 2.24) is 30.2 Å². The van der Waals surface area contributed by atoms with Crippen LogP contribution >= 0.6 is 0 Å². The number of aromatic nitrogens is 4. The summed E-state index contributed by atoms with van der Waals surface area (Å²) in [6.07, 6.45) is 4.62. The van der Waals surface area contributed by atoms with Crippen molar-refractivity contribution >= 4 is 34.4 Å². The van der Waals surface area contributed by atoms with Gasteiger partial charge in [-0.15, -0.1) is 0 Å². The normalized spacial score (nSPS) is 18.9. The van der Waals surface area contributed by atoms with E-state index >= 15 is 0 Å². The van der Waals surface area contributed by atoms with Crippen molar-refractivity contribution < 1.29 is 4.79 Å². The van der Waals surface area contributed by atoms with Crippen LogP contribution in [0.25, 0.3) is 11.0 Å². The van der Waals surface area contributed by atoms with Gasteiger partial charge >= 0.3 is 0 Å². The Labute approximate surface area is 181 Å². The van der Waals surface area contributed by atoms with Crippen LogP contribution in [0.15, 0.2) is 30.6 Å². The number of carbonyl (C=O) groups is 1. The van der Waals surface area contributed by atoms with Crippen LogP contribution in [0, 0.1) is 5.92 Å². The number of hydrogen-bond donors (Lipinski definition) is 3. The van der Waals surface area contributed by atoms with Gasteiger partial charge in [0.25, 0.3) is 5.91 Å². The predicted molar refractivity (Wildman–Crippen MR) is 121 cm³/mol. The minimum Gasteiger partial charge on any atom is -0.368 e. The number of anilines is 3. The molecule has 0 bridgehead atoms. The number of amides is 1. The molecule has 0 saturated carbocycles. The minimum absolute atomic E-state index is 0.0577. The summed E-state index contributed by atoms with van der Waals surface area (Å²) in [6.45, 7) is 8.96. The highest BCUT2D eigenvalue weighted by Gasteiger charge is 2.28. The number of piperazine rings is 1. The van der Waals surface area contributed by atoms with Crippen LogP contribution in [-0.4, -0.2) is 58.1 Å². The van der Waals surface area contributed by atoms with Gasteiger partial charge in [0.15, 0.2) is 0 Å². The molecule has 5 heterocycles. The molecule has 0 radical (unpaired) electrons. The maximum Gasteiger partial charge on any atom is 0.268 e. The molecule has 0 aromatic carbocycles. The maximum absolute atomic E-state index is 12.4. The van der Waals surface area contributed by atoms with E-state index in [1.807, 2.05) is 18.3 Å². The molecule has 1 saturated heterocycles. The molecule has 3 N–H and O–H groups in total. The fraction of sp³-hybridized carbons (Fsp3) is 0.455. The molecule has 3 aromatic rings. The molecule has 9 nitrogen and oxygen atoms in total. The summed E-state index contributed by atoms with van der Waals surface area (Å²) in [6, 6.07) is 6.08. The molecule has 0 unspecified atom stereocenters. The van der Waals surface area contributed by atoms with Gasteiger partial charge in [-0.05, 0) is 30.5 Å². The molecule has 1 atom stereocenters. The van der Waals surface area contributed by atoms with E-state index in [-0.39, 0.29) is 11.9 Å². The van der Waals surface area contributed by atoms with Crippen LogP contribution in [0.2, 0.25) is 0 Å². The third kappa shape index (κ3) is 3.93. The number of nitrogens with zero attached hydrogens (tertiary/aromatic N) is 5. The fourth-order valence-corrected chi connectivity index (χ4v) is 4.42. The van der Waals surface area contributed by atoms with Gasteiger partial charge in [-0.1, -0.05) is 13.8 Å². The van der Waals surface area contributed by atoms with Gasteiger partial charge in [-0.3, -0.25) is 4.79 Å². The zero-order valence-electron chi connectivity index (χ0n) is 17.9. The van der Waals surface area contributed by atoms with Crippen molar-refractivity contribution in [2.75, 3.05) is 42.9 Å². The first-order valence-electron chi connectivity index (χ1n) is 10.9. The van der Waals surface area contributed by atoms with Gasteiger partial charge in [0.05, 0.1) is 17.9 Å². The average molecular weight is 421 g/mol. The van der Waals surface area contributed by atoms with E-state index in [9.17, 15) is 4.79 Å². The standard InChI is InChI=1S/C22H28N8O/c1-14(2)9-17-13-25-21(31)18-10-15-11-26-22(28-20(15)30(17)18)27-19-4-3-16(12-24-19)29-7-5-23-6-8-29/h3-4,10-12,14,17,23H,5-9,13H2,1-2H3,(H,25,31)(H,24,26,27,28)/t17-/m1/s1. The van der Waals surface area contributed by atoms with E-state index < -0.39 is 0 Å². The summed E-state index contributed by atoms with van der Waals surface area (Å²) in [5.41, 5.74) is 2.55. The molecule has 9 heteroatoms. The largest absolute Gasteiger partial charge is 0.368 e. The SMILES string of the molecule is CC(C)C[C@@H]1CNC(=O)c2cc3cnc(Nc4ccc(N5CCNCC5)cn4)nc3n21. The molecule has 5 rings (SSSR count). The second kappa shape index (κ2) is 8.14. The van der Waals surface area contributed by atoms with Crippen molar-refractivity contribution in [3.63, 3.8) is 0 Å². The van der Waals surface area contributed by atoms with Crippen molar-refractivity contribution in [2.24, 2.45) is 5.92 Å². The Kier molecular flexibility index (Phi) is 5.19. The molecule has 0 aliphatic carbocycles. The zero-order chi connectivity index (χ0) is 21.4. The van der Waals surface area contributed by atoms with Gasteiger partial charge in [0.2, 0.25) is 5.95 Å². The number of rotatable bonds is 5. The lowest BCUT2D eigenvalue weighted by Crippen LogP contribution is -2.43. The molecule has 1 amide bonds. The lowest BCUT2D eigenvalue weighted by Gasteiger charge is -2.29. The lowest BCUT2D eigenvalue weighted by atomic mass is 10.0. The molecule has 31 heavy (non-hydrogen) atoms. The van der Waals surface area contributed by atoms with Crippen molar-refractivity contribution in [2.45, 2.75) is 26.3 Å². The third-order valence-corrected chi connectivity index (χ3v) is 5.89. The molecular weight excluding hydrogens is 392 g/mol. The summed E-state index contributed by atoms with van der Waals surface area (Å²) >= 11 is 0. The minimum atomic E-state index is -0.0577. The Morgan fingerprint density at radius 2 is 2.03 bits per heavy atom. The highest BCUT2D eigenvalue weighted by atomic mass is 16.2. The summed E-state index contributed by atoms with van der Waals surface area (Å²) in [5, 5.41) is 10.4. The van der Waals surface area contributed by atoms with Gasteiger partial charge in [0, 0.05) is 44.3 Å². The summed E-state index contributed by atoms with van der Waals surface area (Å²) in [5.74, 6) is 1.63. The quantitative estimate of drug-likeness (QED) is 0.582. The van der Waals surface area contributed by atoms with Crippen LogP contribution in [0.1, 0.15) is 36.8 Å². The molecule has 162 valence electrons. The van der Waals surface area contributed by atoms with E-state index in [1.54, 1.807) is 6.20 Å². The monoisotopic (exact) mass is 420 g/mol. The van der Waals surface area contributed by atoms with Crippen molar-refractivity contribution in [1.29, 1.82) is 0 Å². The van der Waals surface area contributed by atoms with E-state index in [0.29, 0.717) is 29.9 Å². The Hall–Kier alpha value is -3.20. The Morgan fingerprint density at radius 1 is 1.19 bits per heavy atom. The van der Waals surface area contributed by atoms with E-state index in [4.69, 9.17) is 4.98 Å². The maximum atomic E-state index is 12.4. The van der Waals surface area contributed by atoms with Gasteiger partial charge in [-0.2, -0.15) is 4.98 Å². The Bertz CT molecular complexity index is 1080. The van der Waals surface area contributed by atoms with Crippen LogP contribution < -0.4 is 20.9 Å². The molecule has 1 fully saturated rings.